The molecule has 340 valence electrons. The Morgan fingerprint density at radius 3 is 1.03 bits per heavy atom. The average Bonchev–Trinajstić information content (AvgIpc) is 3.31. The molecule has 0 bridgehead atoms. The van der Waals surface area contributed by atoms with Gasteiger partial charge in [-0.3, -0.25) is 4.79 Å². The lowest BCUT2D eigenvalue weighted by Gasteiger charge is -2.44. The molecule has 0 radical (unpaired) electrons. The number of Topliss-reactive ketones (excluding diaryl/α,β-unsaturated/α-hetero) is 1. The molecule has 0 saturated carbocycles. The van der Waals surface area contributed by atoms with Crippen molar-refractivity contribution >= 4 is 44.7 Å². The third-order valence-electron chi connectivity index (χ3n) is 10.1. The van der Waals surface area contributed by atoms with Gasteiger partial charge in [0.25, 0.3) is 0 Å². The summed E-state index contributed by atoms with van der Waals surface area (Å²) in [4.78, 5) is 12.4. The molecule has 0 fully saturated rings. The molecule has 0 spiro atoms. The van der Waals surface area contributed by atoms with E-state index in [2.05, 4.69) is 6.07 Å². The molecule has 0 saturated heterocycles. The van der Waals surface area contributed by atoms with Crippen molar-refractivity contribution in [3.05, 3.63) is 194 Å². The Hall–Kier alpha value is -7.45. The lowest BCUT2D eigenvalue weighted by molar-refractivity contribution is -0.657. The molecule has 0 atom stereocenters. The molecule has 1 aromatic heterocycles. The van der Waals surface area contributed by atoms with Gasteiger partial charge in [0, 0.05) is 17.0 Å². The van der Waals surface area contributed by atoms with Crippen LogP contribution in [0.4, 0.5) is 87.8 Å². The zero-order valence-electron chi connectivity index (χ0n) is 31.5. The van der Waals surface area contributed by atoms with Crippen LogP contribution in [-0.2, 0) is 6.54 Å². The maximum atomic E-state index is 15.4. The van der Waals surface area contributed by atoms with E-state index < -0.39 is 144 Å². The Balaban J connectivity index is 0.000000284. The number of aromatic nitrogens is 1. The average molecular weight is 952 g/mol. The Morgan fingerprint density at radius 2 is 0.712 bits per heavy atom. The molecule has 0 aliphatic carbocycles. The summed E-state index contributed by atoms with van der Waals surface area (Å²) in [7, 11) is 0. The summed E-state index contributed by atoms with van der Waals surface area (Å²) in [6, 6.07) is 20.8. The smallest absolute Gasteiger partial charge is 0.230 e. The van der Waals surface area contributed by atoms with E-state index in [1.54, 1.807) is 18.2 Å². The summed E-state index contributed by atoms with van der Waals surface area (Å²) in [5.74, 6) is -71.4. The van der Waals surface area contributed by atoms with Crippen LogP contribution in [-0.4, -0.2) is 11.9 Å². The van der Waals surface area contributed by atoms with Crippen LogP contribution in [0.25, 0.3) is 10.9 Å². The SMILES string of the molecule is Fc1c(F)c(F)c([B-](c2c(F)c(F)c(F)c(F)c2F)(c2c(F)c(F)c(F)c(F)c2F)c2c(F)c(F)c(F)c(F)c2F)c(F)c1F.N#Cc1cccc2ccc[n+](CC(=O)c3ccccc3)c12. The van der Waals surface area contributed by atoms with Gasteiger partial charge in [0.2, 0.25) is 17.8 Å². The molecule has 0 amide bonds. The van der Waals surface area contributed by atoms with Gasteiger partial charge in [0.1, 0.15) is 64.3 Å². The summed E-state index contributed by atoms with van der Waals surface area (Å²) in [5.41, 5.74) is -12.3. The highest BCUT2D eigenvalue weighted by molar-refractivity contribution is 7.20. The van der Waals surface area contributed by atoms with Gasteiger partial charge >= 0.3 is 0 Å². The van der Waals surface area contributed by atoms with Crippen molar-refractivity contribution in [1.29, 1.82) is 5.26 Å². The van der Waals surface area contributed by atoms with E-state index in [4.69, 9.17) is 0 Å². The predicted molar refractivity (Wildman–Crippen MR) is 189 cm³/mol. The fourth-order valence-electron chi connectivity index (χ4n) is 7.31. The standard InChI is InChI=1S/C24BF20.C18H13N2O/c26-5-1(6(27)14(35)21(42)13(5)34)25(2-7(28)15(36)22(43)16(37)8(2)29,3-9(30)17(38)23(44)18(39)10(3)31)4-11(32)19(40)24(45)20(41)12(4)33;19-12-16-9-4-8-15-10-5-11-20(18(15)16)13-17(21)14-6-2-1-3-7-14/h;1-11H,13H2/q-1;+1. The van der Waals surface area contributed by atoms with E-state index in [1.807, 2.05) is 53.2 Å². The van der Waals surface area contributed by atoms with Crippen molar-refractivity contribution in [3.63, 3.8) is 0 Å². The topological polar surface area (TPSA) is 44.7 Å². The zero-order valence-corrected chi connectivity index (χ0v) is 31.5. The number of ketones is 1. The maximum Gasteiger partial charge on any atom is 0.230 e. The van der Waals surface area contributed by atoms with Gasteiger partial charge in [-0.25, -0.2) is 87.8 Å². The molecule has 1 heterocycles. The van der Waals surface area contributed by atoms with Crippen molar-refractivity contribution in [2.45, 2.75) is 6.54 Å². The number of nitrogens with zero attached hydrogens (tertiary/aromatic N) is 2. The van der Waals surface area contributed by atoms with E-state index >= 15 is 35.1 Å². The predicted octanol–water partition coefficient (Wildman–Crippen LogP) is 8.73. The number of carbonyl (C=O) groups excluding carboxylic acids is 1. The van der Waals surface area contributed by atoms with E-state index in [9.17, 15) is 62.7 Å². The molecule has 0 N–H and O–H groups in total. The molecular weight excluding hydrogens is 939 g/mol. The summed E-state index contributed by atoms with van der Waals surface area (Å²) >= 11 is 0. The first-order valence-corrected chi connectivity index (χ1v) is 17.6. The van der Waals surface area contributed by atoms with Crippen molar-refractivity contribution < 1.29 is 97.2 Å². The fraction of sp³-hybridized carbons (Fsp3) is 0.0238. The van der Waals surface area contributed by atoms with Crippen LogP contribution in [0.5, 0.6) is 0 Å². The maximum absolute atomic E-state index is 15.4. The number of carbonyl (C=O) groups is 1. The van der Waals surface area contributed by atoms with Crippen LogP contribution >= 0.6 is 0 Å². The first kappa shape index (κ1) is 48.0. The molecule has 0 aliphatic heterocycles. The van der Waals surface area contributed by atoms with Crippen LogP contribution in [0.2, 0.25) is 0 Å². The molecule has 0 aliphatic rings. The van der Waals surface area contributed by atoms with Crippen molar-refractivity contribution in [2.24, 2.45) is 0 Å². The molecule has 3 nitrogen and oxygen atoms in total. The monoisotopic (exact) mass is 952 g/mol. The first-order valence-electron chi connectivity index (χ1n) is 17.6. The number of nitriles is 1. The van der Waals surface area contributed by atoms with E-state index in [-0.39, 0.29) is 12.3 Å². The van der Waals surface area contributed by atoms with Gasteiger partial charge in [0.05, 0.1) is 0 Å². The van der Waals surface area contributed by atoms with Crippen LogP contribution < -0.4 is 26.4 Å². The first-order chi connectivity index (χ1) is 31.0. The normalized spacial score (nSPS) is 11.4. The minimum Gasteiger partial charge on any atom is -0.287 e. The highest BCUT2D eigenvalue weighted by atomic mass is 19.2. The van der Waals surface area contributed by atoms with Crippen LogP contribution in [0, 0.1) is 128 Å². The summed E-state index contributed by atoms with van der Waals surface area (Å²) in [6.07, 6.45) is -5.38. The second-order valence-corrected chi connectivity index (χ2v) is 13.6. The van der Waals surface area contributed by atoms with Gasteiger partial charge < -0.3 is 0 Å². The number of hydrogen-bond acceptors (Lipinski definition) is 2. The Morgan fingerprint density at radius 1 is 0.409 bits per heavy atom. The summed E-state index contributed by atoms with van der Waals surface area (Å²) < 4.78 is 296. The highest BCUT2D eigenvalue weighted by Gasteiger charge is 2.52. The lowest BCUT2D eigenvalue weighted by atomic mass is 9.12. The quantitative estimate of drug-likeness (QED) is 0.0401. The largest absolute Gasteiger partial charge is 0.287 e. The van der Waals surface area contributed by atoms with E-state index in [1.165, 1.54) is 0 Å². The number of para-hydroxylation sites is 1. The number of fused-ring (bicyclic) bond motifs is 1. The molecule has 7 aromatic rings. The van der Waals surface area contributed by atoms with Crippen molar-refractivity contribution in [1.82, 2.24) is 0 Å². The Bertz CT molecular complexity index is 2830. The van der Waals surface area contributed by atoms with E-state index in [0.717, 1.165) is 10.9 Å². The van der Waals surface area contributed by atoms with Gasteiger partial charge in [-0.1, -0.05) is 36.4 Å². The van der Waals surface area contributed by atoms with Gasteiger partial charge in [0.15, 0.2) is 76.0 Å². The third-order valence-corrected chi connectivity index (χ3v) is 10.1. The van der Waals surface area contributed by atoms with Gasteiger partial charge in [-0.2, -0.15) is 9.83 Å². The summed E-state index contributed by atoms with van der Waals surface area (Å²) in [5, 5.41) is 10.2. The Labute approximate surface area is 353 Å². The second-order valence-electron chi connectivity index (χ2n) is 13.6. The van der Waals surface area contributed by atoms with Crippen LogP contribution in [0.1, 0.15) is 15.9 Å². The molecule has 0 unspecified atom stereocenters. The molecule has 7 rings (SSSR count). The fourth-order valence-corrected chi connectivity index (χ4v) is 7.31. The highest BCUT2D eigenvalue weighted by Crippen LogP contribution is 2.31. The lowest BCUT2D eigenvalue weighted by Crippen LogP contribution is -2.81. The minimum atomic E-state index is -7.22. The Kier molecular flexibility index (Phi) is 13.0. The molecule has 24 heteroatoms. The number of pyridine rings is 1. The van der Waals surface area contributed by atoms with Crippen molar-refractivity contribution in [3.8, 4) is 6.07 Å². The molecular formula is C42H13BF20N2O. The minimum absolute atomic E-state index is 0.0286. The summed E-state index contributed by atoms with van der Waals surface area (Å²) in [6.45, 7) is 0.222. The van der Waals surface area contributed by atoms with E-state index in [0.29, 0.717) is 11.1 Å². The number of hydrogen-bond donors (Lipinski definition) is 0. The second kappa shape index (κ2) is 17.8. The zero-order chi connectivity index (χ0) is 49.0. The van der Waals surface area contributed by atoms with Gasteiger partial charge in [-0.05, 0) is 18.2 Å². The number of halogens is 20. The number of benzene rings is 6. The van der Waals surface area contributed by atoms with Gasteiger partial charge in [-0.15, -0.1) is 21.9 Å². The van der Waals surface area contributed by atoms with Crippen LogP contribution in [0.15, 0.2) is 66.9 Å². The molecule has 66 heavy (non-hydrogen) atoms. The van der Waals surface area contributed by atoms with Crippen LogP contribution in [0.3, 0.4) is 0 Å². The molecule has 6 aromatic carbocycles. The van der Waals surface area contributed by atoms with Crippen molar-refractivity contribution in [2.75, 3.05) is 0 Å². The third kappa shape index (κ3) is 7.31. The number of rotatable bonds is 7.